The Morgan fingerprint density at radius 1 is 1.16 bits per heavy atom. The summed E-state index contributed by atoms with van der Waals surface area (Å²) >= 11 is 0. The molecule has 5 atom stereocenters. The first-order valence-corrected chi connectivity index (χ1v) is 13.4. The van der Waals surface area contributed by atoms with E-state index in [9.17, 15) is 14.4 Å². The van der Waals surface area contributed by atoms with Gasteiger partial charge in [-0.3, -0.25) is 15.0 Å². The highest BCUT2D eigenvalue weighted by atomic mass is 16.6. The summed E-state index contributed by atoms with van der Waals surface area (Å²) in [4.78, 5) is 41.9. The molecule has 3 amide bonds. The Kier molecular flexibility index (Phi) is 9.21. The first-order chi connectivity index (χ1) is 17.4. The molecule has 0 spiro atoms. The van der Waals surface area contributed by atoms with Crippen molar-refractivity contribution in [1.29, 1.82) is 5.41 Å². The maximum absolute atomic E-state index is 14.0. The van der Waals surface area contributed by atoms with Crippen molar-refractivity contribution in [1.82, 2.24) is 15.5 Å². The van der Waals surface area contributed by atoms with Crippen molar-refractivity contribution in [2.45, 2.75) is 103 Å². The second-order valence-electron chi connectivity index (χ2n) is 11.4. The number of nitrogen functional groups attached to an aromatic ring is 1. The molecule has 37 heavy (non-hydrogen) atoms. The third kappa shape index (κ3) is 7.23. The number of rotatable bonds is 8. The van der Waals surface area contributed by atoms with Gasteiger partial charge in [-0.15, -0.1) is 0 Å². The molecule has 9 nitrogen and oxygen atoms in total. The normalized spacial score (nSPS) is 22.9. The smallest absolute Gasteiger partial charge is 0.408 e. The molecule has 0 bridgehead atoms. The van der Waals surface area contributed by atoms with E-state index in [0.717, 1.165) is 31.2 Å². The van der Waals surface area contributed by atoms with E-state index in [1.807, 2.05) is 26.0 Å². The molecule has 1 aliphatic carbocycles. The Balaban J connectivity index is 1.78. The Labute approximate surface area is 220 Å². The topological polar surface area (TPSA) is 138 Å². The number of carbonyl (C=O) groups excluding carboxylic acids is 3. The van der Waals surface area contributed by atoms with Crippen LogP contribution in [0.15, 0.2) is 24.3 Å². The third-order valence-electron chi connectivity index (χ3n) is 7.53. The number of likely N-dealkylation sites (tertiary alicyclic amines) is 1. The van der Waals surface area contributed by atoms with Gasteiger partial charge in [-0.1, -0.05) is 57.4 Å². The molecule has 9 heteroatoms. The Morgan fingerprint density at radius 3 is 2.41 bits per heavy atom. The van der Waals surface area contributed by atoms with Gasteiger partial charge in [0.05, 0.1) is 0 Å². The van der Waals surface area contributed by atoms with E-state index in [1.54, 1.807) is 37.8 Å². The van der Waals surface area contributed by atoms with Crippen LogP contribution in [0.1, 0.15) is 84.3 Å². The van der Waals surface area contributed by atoms with Crippen LogP contribution in [0, 0.1) is 17.2 Å². The zero-order valence-electron chi connectivity index (χ0n) is 22.8. The molecule has 0 unspecified atom stereocenters. The van der Waals surface area contributed by atoms with Crippen LogP contribution in [0.4, 0.5) is 4.79 Å². The predicted molar refractivity (Wildman–Crippen MR) is 143 cm³/mol. The molecule has 2 fully saturated rings. The predicted octanol–water partition coefficient (Wildman–Crippen LogP) is 3.69. The molecule has 3 rings (SSSR count). The van der Waals surface area contributed by atoms with Crippen molar-refractivity contribution in [3.8, 4) is 0 Å². The number of amides is 3. The van der Waals surface area contributed by atoms with Crippen molar-refractivity contribution in [3.63, 3.8) is 0 Å². The number of alkyl carbamates (subject to hydrolysis) is 1. The molecular formula is C28H43N5O4. The number of nitrogens with zero attached hydrogens (tertiary/aromatic N) is 1. The van der Waals surface area contributed by atoms with Gasteiger partial charge in [0.25, 0.3) is 0 Å². The lowest BCUT2D eigenvalue weighted by molar-refractivity contribution is -0.143. The van der Waals surface area contributed by atoms with Crippen molar-refractivity contribution in [2.75, 3.05) is 0 Å². The molecule has 2 aliphatic rings. The van der Waals surface area contributed by atoms with Crippen LogP contribution in [0.5, 0.6) is 0 Å². The van der Waals surface area contributed by atoms with Crippen LogP contribution in [0.3, 0.4) is 0 Å². The van der Waals surface area contributed by atoms with Gasteiger partial charge in [-0.25, -0.2) is 4.79 Å². The number of nitrogens with two attached hydrogens (primary N) is 1. The molecule has 1 aromatic rings. The van der Waals surface area contributed by atoms with Crippen LogP contribution in [-0.2, 0) is 20.9 Å². The van der Waals surface area contributed by atoms with Gasteiger partial charge in [-0.2, -0.15) is 0 Å². The number of amidine groups is 1. The Morgan fingerprint density at radius 2 is 1.81 bits per heavy atom. The lowest BCUT2D eigenvalue weighted by Crippen LogP contribution is -2.58. The Hall–Kier alpha value is -3.10. The van der Waals surface area contributed by atoms with Crippen LogP contribution in [0.2, 0.25) is 0 Å². The van der Waals surface area contributed by atoms with Crippen molar-refractivity contribution in [2.24, 2.45) is 17.6 Å². The van der Waals surface area contributed by atoms with Crippen LogP contribution in [0.25, 0.3) is 0 Å². The zero-order chi connectivity index (χ0) is 27.3. The van der Waals surface area contributed by atoms with E-state index in [2.05, 4.69) is 10.6 Å². The molecule has 0 aromatic heterocycles. The minimum absolute atomic E-state index is 0.00107. The van der Waals surface area contributed by atoms with Gasteiger partial charge in [0, 0.05) is 18.2 Å². The quantitative estimate of drug-likeness (QED) is 0.310. The minimum Gasteiger partial charge on any atom is -0.444 e. The highest BCUT2D eigenvalue weighted by molar-refractivity contribution is 5.95. The summed E-state index contributed by atoms with van der Waals surface area (Å²) in [5.74, 6) is -0.234. The summed E-state index contributed by atoms with van der Waals surface area (Å²) < 4.78 is 5.45. The average molecular weight is 514 g/mol. The van der Waals surface area contributed by atoms with E-state index >= 15 is 0 Å². The van der Waals surface area contributed by atoms with Crippen LogP contribution < -0.4 is 16.4 Å². The summed E-state index contributed by atoms with van der Waals surface area (Å²) in [5.41, 5.74) is 6.36. The minimum atomic E-state index is -0.769. The fourth-order valence-electron chi connectivity index (χ4n) is 5.40. The SMILES string of the molecule is CC[C@H](C)[C@@H](NC(=O)OC(C)(C)C)C(=O)N1[C@H](C(=O)NCc2ccc(C(=N)N)cc2)C[C@@H]2CCCC[C@@H]21. The van der Waals surface area contributed by atoms with E-state index in [0.29, 0.717) is 24.9 Å². The number of ether oxygens (including phenoxy) is 1. The van der Waals surface area contributed by atoms with Crippen molar-refractivity contribution < 1.29 is 19.1 Å². The van der Waals surface area contributed by atoms with E-state index in [-0.39, 0.29) is 35.5 Å². The number of carbonyl (C=O) groups is 3. The van der Waals surface area contributed by atoms with Gasteiger partial charge in [0.15, 0.2) is 0 Å². The van der Waals surface area contributed by atoms with E-state index in [1.165, 1.54) is 0 Å². The standard InChI is InChI=1S/C28H43N5O4/c1-6-17(2)23(32-27(36)37-28(3,4)5)26(35)33-21-10-8-7-9-20(21)15-22(33)25(34)31-16-18-11-13-19(14-12-18)24(29)30/h11-14,17,20-23H,6-10,15-16H2,1-5H3,(H3,29,30)(H,31,34)(H,32,36)/t17-,20-,21-,22-,23+/m0/s1. The molecular weight excluding hydrogens is 470 g/mol. The molecule has 1 heterocycles. The molecule has 1 aliphatic heterocycles. The maximum atomic E-state index is 14.0. The van der Waals surface area contributed by atoms with Gasteiger partial charge < -0.3 is 26.0 Å². The number of benzene rings is 1. The lowest BCUT2D eigenvalue weighted by atomic mass is 9.84. The Bertz CT molecular complexity index is 987. The average Bonchev–Trinajstić information content (AvgIpc) is 3.24. The maximum Gasteiger partial charge on any atom is 0.408 e. The van der Waals surface area contributed by atoms with Crippen molar-refractivity contribution in [3.05, 3.63) is 35.4 Å². The fraction of sp³-hybridized carbons (Fsp3) is 0.643. The largest absolute Gasteiger partial charge is 0.444 e. The summed E-state index contributed by atoms with van der Waals surface area (Å²) in [6.45, 7) is 9.59. The number of fused-ring (bicyclic) bond motifs is 1. The first kappa shape index (κ1) is 28.5. The van der Waals surface area contributed by atoms with E-state index < -0.39 is 23.8 Å². The summed E-state index contributed by atoms with van der Waals surface area (Å²) in [6.07, 6.45) is 4.69. The second-order valence-corrected chi connectivity index (χ2v) is 11.4. The third-order valence-corrected chi connectivity index (χ3v) is 7.53. The molecule has 0 radical (unpaired) electrons. The molecule has 1 saturated carbocycles. The zero-order valence-corrected chi connectivity index (χ0v) is 22.8. The van der Waals surface area contributed by atoms with Gasteiger partial charge in [0.1, 0.15) is 23.5 Å². The monoisotopic (exact) mass is 513 g/mol. The fourth-order valence-corrected chi connectivity index (χ4v) is 5.40. The number of hydrogen-bond acceptors (Lipinski definition) is 5. The van der Waals surface area contributed by atoms with Crippen LogP contribution in [-0.4, -0.2) is 52.4 Å². The number of nitrogens with one attached hydrogen (secondary N) is 3. The summed E-state index contributed by atoms with van der Waals surface area (Å²) in [7, 11) is 0. The van der Waals surface area contributed by atoms with E-state index in [4.69, 9.17) is 15.9 Å². The van der Waals surface area contributed by atoms with Gasteiger partial charge >= 0.3 is 6.09 Å². The highest BCUT2D eigenvalue weighted by Gasteiger charge is 2.49. The molecule has 5 N–H and O–H groups in total. The molecule has 1 saturated heterocycles. The number of hydrogen-bond donors (Lipinski definition) is 4. The first-order valence-electron chi connectivity index (χ1n) is 13.4. The van der Waals surface area contributed by atoms with Gasteiger partial charge in [0.2, 0.25) is 11.8 Å². The second kappa shape index (κ2) is 12.0. The highest BCUT2D eigenvalue weighted by Crippen LogP contribution is 2.40. The van der Waals surface area contributed by atoms with Gasteiger partial charge in [-0.05, 0) is 57.4 Å². The van der Waals surface area contributed by atoms with Crippen molar-refractivity contribution >= 4 is 23.7 Å². The summed E-state index contributed by atoms with van der Waals surface area (Å²) in [6, 6.07) is 5.82. The lowest BCUT2D eigenvalue weighted by Gasteiger charge is -2.37. The summed E-state index contributed by atoms with van der Waals surface area (Å²) in [5, 5.41) is 13.4. The van der Waals surface area contributed by atoms with Crippen LogP contribution >= 0.6 is 0 Å². The molecule has 204 valence electrons. The molecule has 1 aromatic carbocycles.